The summed E-state index contributed by atoms with van der Waals surface area (Å²) >= 11 is 5.24. The molecule has 1 aromatic heterocycles. The van der Waals surface area contributed by atoms with Crippen LogP contribution in [-0.4, -0.2) is 35.1 Å². The summed E-state index contributed by atoms with van der Waals surface area (Å²) in [5.41, 5.74) is 1.04. The summed E-state index contributed by atoms with van der Waals surface area (Å²) in [6.07, 6.45) is 3.82. The molecule has 2 saturated carbocycles. The highest BCUT2D eigenvalue weighted by Crippen LogP contribution is 2.35. The third kappa shape index (κ3) is 3.97. The van der Waals surface area contributed by atoms with Gasteiger partial charge in [-0.15, -0.1) is 0 Å². The molecule has 1 amide bonds. The Bertz CT molecular complexity index is 1050. The highest BCUT2D eigenvalue weighted by atomic mass is 32.2. The highest BCUT2D eigenvalue weighted by Gasteiger charge is 2.29. The maximum absolute atomic E-state index is 12.7. The molecule has 3 N–H and O–H groups in total. The normalized spacial score (nSPS) is 17.1. The van der Waals surface area contributed by atoms with Crippen LogP contribution in [0.4, 0.5) is 0 Å². The maximum atomic E-state index is 12.7. The lowest BCUT2D eigenvalue weighted by Crippen LogP contribution is -2.28. The molecule has 144 valence electrons. The Kier molecular flexibility index (Phi) is 4.65. The first kappa shape index (κ1) is 18.3. The van der Waals surface area contributed by atoms with E-state index in [2.05, 4.69) is 20.2 Å². The number of nitrogens with one attached hydrogen (secondary N) is 3. The van der Waals surface area contributed by atoms with E-state index in [1.54, 1.807) is 13.0 Å². The number of aromatic amines is 1. The average Bonchev–Trinajstić information content (AvgIpc) is 3.54. The lowest BCUT2D eigenvalue weighted by molar-refractivity contribution is 0.0948. The van der Waals surface area contributed by atoms with Gasteiger partial charge in [0, 0.05) is 17.6 Å². The number of sulfonamides is 1. The number of aromatic nitrogens is 3. The van der Waals surface area contributed by atoms with E-state index in [0.717, 1.165) is 25.7 Å². The van der Waals surface area contributed by atoms with Gasteiger partial charge < -0.3 is 5.32 Å². The minimum Gasteiger partial charge on any atom is -0.345 e. The summed E-state index contributed by atoms with van der Waals surface area (Å²) in [4.78, 5) is 12.8. The van der Waals surface area contributed by atoms with E-state index in [9.17, 15) is 13.2 Å². The van der Waals surface area contributed by atoms with Crippen LogP contribution < -0.4 is 10.0 Å². The van der Waals surface area contributed by atoms with Crippen molar-refractivity contribution in [3.05, 3.63) is 39.9 Å². The average molecular weight is 408 g/mol. The van der Waals surface area contributed by atoms with Crippen LogP contribution in [0.15, 0.2) is 23.1 Å². The van der Waals surface area contributed by atoms with Crippen LogP contribution in [0.25, 0.3) is 0 Å². The van der Waals surface area contributed by atoms with Gasteiger partial charge in [-0.05, 0) is 62.5 Å². The number of benzene rings is 1. The monoisotopic (exact) mass is 407 g/mol. The van der Waals surface area contributed by atoms with E-state index in [1.165, 1.54) is 12.1 Å². The number of aryl methyl sites for hydroxylation is 1. The standard InChI is InChI=1S/C17H21N5O3S2/c1-10-2-7-13(27(24,25)21-11-3-4-11)8-14(10)16(23)18-9-15-19-20-17(26)22(15)12-5-6-12/h2,7-8,11-12,21H,3-6,9H2,1H3,(H,18,23)(H,20,26). The van der Waals surface area contributed by atoms with Crippen LogP contribution in [0.5, 0.6) is 0 Å². The highest BCUT2D eigenvalue weighted by molar-refractivity contribution is 7.89. The first-order chi connectivity index (χ1) is 12.8. The van der Waals surface area contributed by atoms with Crippen molar-refractivity contribution < 1.29 is 13.2 Å². The van der Waals surface area contributed by atoms with Crippen LogP contribution >= 0.6 is 12.2 Å². The van der Waals surface area contributed by atoms with Crippen molar-refractivity contribution in [1.29, 1.82) is 0 Å². The zero-order chi connectivity index (χ0) is 19.2. The quantitative estimate of drug-likeness (QED) is 0.608. The topological polar surface area (TPSA) is 109 Å². The maximum Gasteiger partial charge on any atom is 0.251 e. The van der Waals surface area contributed by atoms with Crippen molar-refractivity contribution in [3.8, 4) is 0 Å². The molecule has 0 unspecified atom stereocenters. The van der Waals surface area contributed by atoms with Crippen molar-refractivity contribution >= 4 is 28.1 Å². The minimum absolute atomic E-state index is 0.0127. The first-order valence-electron chi connectivity index (χ1n) is 8.92. The van der Waals surface area contributed by atoms with Gasteiger partial charge >= 0.3 is 0 Å². The van der Waals surface area contributed by atoms with E-state index >= 15 is 0 Å². The molecular weight excluding hydrogens is 386 g/mol. The number of nitrogens with zero attached hydrogens (tertiary/aromatic N) is 2. The summed E-state index contributed by atoms with van der Waals surface area (Å²) in [7, 11) is -3.61. The van der Waals surface area contributed by atoms with E-state index in [0.29, 0.717) is 27.8 Å². The summed E-state index contributed by atoms with van der Waals surface area (Å²) in [5.74, 6) is 0.333. The molecule has 1 aromatic carbocycles. The second-order valence-electron chi connectivity index (χ2n) is 7.10. The Hall–Kier alpha value is -2.04. The number of H-pyrrole nitrogens is 1. The zero-order valence-electron chi connectivity index (χ0n) is 14.9. The molecule has 0 radical (unpaired) electrons. The molecule has 0 saturated heterocycles. The van der Waals surface area contributed by atoms with Crippen molar-refractivity contribution in [2.75, 3.05) is 0 Å². The van der Waals surface area contributed by atoms with E-state index in [1.807, 2.05) is 4.57 Å². The van der Waals surface area contributed by atoms with Crippen molar-refractivity contribution in [3.63, 3.8) is 0 Å². The van der Waals surface area contributed by atoms with E-state index in [-0.39, 0.29) is 23.4 Å². The van der Waals surface area contributed by atoms with E-state index < -0.39 is 10.0 Å². The number of carbonyl (C=O) groups is 1. The molecular formula is C17H21N5O3S2. The smallest absolute Gasteiger partial charge is 0.251 e. The van der Waals surface area contributed by atoms with Gasteiger partial charge in [-0.2, -0.15) is 5.10 Å². The summed E-state index contributed by atoms with van der Waals surface area (Å²) in [6.45, 7) is 2.00. The zero-order valence-corrected chi connectivity index (χ0v) is 16.5. The Morgan fingerprint density at radius 2 is 2.07 bits per heavy atom. The van der Waals surface area contributed by atoms with Gasteiger partial charge in [0.25, 0.3) is 5.91 Å². The molecule has 0 spiro atoms. The van der Waals surface area contributed by atoms with Crippen molar-refractivity contribution in [1.82, 2.24) is 24.8 Å². The number of amides is 1. The van der Waals surface area contributed by atoms with Gasteiger partial charge in [-0.1, -0.05) is 6.07 Å². The molecule has 2 aliphatic carbocycles. The van der Waals surface area contributed by atoms with Gasteiger partial charge in [0.05, 0.1) is 11.4 Å². The van der Waals surface area contributed by atoms with Crippen LogP contribution in [-0.2, 0) is 16.6 Å². The number of carbonyl (C=O) groups excluding carboxylic acids is 1. The predicted molar refractivity (Wildman–Crippen MR) is 101 cm³/mol. The van der Waals surface area contributed by atoms with Crippen molar-refractivity contribution in [2.24, 2.45) is 0 Å². The summed E-state index contributed by atoms with van der Waals surface area (Å²) in [6, 6.07) is 4.96. The number of rotatable bonds is 7. The molecule has 1 heterocycles. The van der Waals surface area contributed by atoms with Crippen LogP contribution in [0.2, 0.25) is 0 Å². The largest absolute Gasteiger partial charge is 0.345 e. The predicted octanol–water partition coefficient (Wildman–Crippen LogP) is 1.95. The van der Waals surface area contributed by atoms with Crippen LogP contribution in [0, 0.1) is 11.7 Å². The molecule has 10 heteroatoms. The van der Waals surface area contributed by atoms with Gasteiger partial charge in [-0.25, -0.2) is 13.1 Å². The molecule has 4 rings (SSSR count). The fourth-order valence-corrected chi connectivity index (χ4v) is 4.56. The SMILES string of the molecule is Cc1ccc(S(=O)(=O)NC2CC2)cc1C(=O)NCc1n[nH]c(=S)n1C1CC1. The Morgan fingerprint density at radius 1 is 1.33 bits per heavy atom. The molecule has 2 aromatic rings. The molecule has 2 aliphatic rings. The fourth-order valence-electron chi connectivity index (χ4n) is 2.93. The van der Waals surface area contributed by atoms with Gasteiger partial charge in [-0.3, -0.25) is 14.5 Å². The third-order valence-corrected chi connectivity index (χ3v) is 6.57. The summed E-state index contributed by atoms with van der Waals surface area (Å²) < 4.78 is 29.9. The van der Waals surface area contributed by atoms with Crippen LogP contribution in [0.3, 0.4) is 0 Å². The Labute approximate surface area is 162 Å². The molecule has 0 atom stereocenters. The molecule has 0 bridgehead atoms. The molecule has 0 aliphatic heterocycles. The molecule has 27 heavy (non-hydrogen) atoms. The van der Waals surface area contributed by atoms with Gasteiger partial charge in [0.1, 0.15) is 0 Å². The van der Waals surface area contributed by atoms with Crippen LogP contribution in [0.1, 0.15) is 53.5 Å². The fraction of sp³-hybridized carbons (Fsp3) is 0.471. The Balaban J connectivity index is 1.51. The lowest BCUT2D eigenvalue weighted by atomic mass is 10.1. The minimum atomic E-state index is -3.61. The second kappa shape index (κ2) is 6.84. The first-order valence-corrected chi connectivity index (χ1v) is 10.8. The lowest BCUT2D eigenvalue weighted by Gasteiger charge is -2.11. The number of hydrogen-bond acceptors (Lipinski definition) is 5. The molecule has 2 fully saturated rings. The van der Waals surface area contributed by atoms with Gasteiger partial charge in [0.2, 0.25) is 10.0 Å². The third-order valence-electron chi connectivity index (χ3n) is 4.76. The van der Waals surface area contributed by atoms with Gasteiger partial charge in [0.15, 0.2) is 10.6 Å². The second-order valence-corrected chi connectivity index (χ2v) is 9.20. The molecule has 8 nitrogen and oxygen atoms in total. The van der Waals surface area contributed by atoms with E-state index in [4.69, 9.17) is 12.2 Å². The Morgan fingerprint density at radius 3 is 2.74 bits per heavy atom. The number of hydrogen-bond donors (Lipinski definition) is 3. The van der Waals surface area contributed by atoms with Crippen molar-refractivity contribution in [2.45, 2.75) is 56.1 Å². The summed E-state index contributed by atoms with van der Waals surface area (Å²) in [5, 5.41) is 9.77.